The Labute approximate surface area is 113 Å². The monoisotopic (exact) mass is 258 g/mol. The molecule has 0 spiro atoms. The zero-order valence-electron chi connectivity index (χ0n) is 11.3. The van der Waals surface area contributed by atoms with Crippen LogP contribution in [0.25, 0.3) is 0 Å². The van der Waals surface area contributed by atoms with Gasteiger partial charge < -0.3 is 4.74 Å². The number of ketones is 1. The first-order valence-electron chi connectivity index (χ1n) is 6.42. The second-order valence-electron chi connectivity index (χ2n) is 4.42. The maximum atomic E-state index is 11.5. The van der Waals surface area contributed by atoms with E-state index in [4.69, 9.17) is 4.74 Å². The molecule has 4 heteroatoms. The van der Waals surface area contributed by atoms with Gasteiger partial charge in [-0.3, -0.25) is 9.48 Å². The van der Waals surface area contributed by atoms with Gasteiger partial charge in [0.15, 0.2) is 5.78 Å². The van der Waals surface area contributed by atoms with Gasteiger partial charge in [0.05, 0.1) is 12.8 Å². The van der Waals surface area contributed by atoms with Crippen LogP contribution in [-0.4, -0.2) is 22.2 Å². The topological polar surface area (TPSA) is 44.1 Å². The fourth-order valence-corrected chi connectivity index (χ4v) is 1.83. The summed E-state index contributed by atoms with van der Waals surface area (Å²) in [5, 5.41) is 4.11. The van der Waals surface area contributed by atoms with Crippen LogP contribution in [0.5, 0.6) is 5.75 Å². The molecule has 0 N–H and O–H groups in total. The van der Waals surface area contributed by atoms with Crippen LogP contribution < -0.4 is 4.74 Å². The largest absolute Gasteiger partial charge is 0.493 e. The van der Waals surface area contributed by atoms with Crippen LogP contribution in [0.2, 0.25) is 0 Å². The molecular formula is C15H18N2O2. The van der Waals surface area contributed by atoms with Crippen LogP contribution >= 0.6 is 0 Å². The number of hydrogen-bond donors (Lipinski definition) is 0. The Morgan fingerprint density at radius 3 is 2.63 bits per heavy atom. The third-order valence-electron chi connectivity index (χ3n) is 2.92. The first-order valence-corrected chi connectivity index (χ1v) is 6.42. The highest BCUT2D eigenvalue weighted by molar-refractivity contribution is 5.95. The van der Waals surface area contributed by atoms with Gasteiger partial charge in [0.1, 0.15) is 5.75 Å². The highest BCUT2D eigenvalue weighted by atomic mass is 16.5. The number of nitrogens with zero attached hydrogens (tertiary/aromatic N) is 2. The first kappa shape index (κ1) is 13.3. The van der Waals surface area contributed by atoms with Gasteiger partial charge >= 0.3 is 0 Å². The molecule has 0 atom stereocenters. The van der Waals surface area contributed by atoms with Gasteiger partial charge in [-0.05, 0) is 29.8 Å². The summed E-state index contributed by atoms with van der Waals surface area (Å²) in [5.41, 5.74) is 1.89. The summed E-state index contributed by atoms with van der Waals surface area (Å²) in [6.07, 6.45) is 5.17. The molecule has 0 amide bonds. The number of carbonyl (C=O) groups excluding carboxylic acids is 1. The molecule has 0 radical (unpaired) electrons. The van der Waals surface area contributed by atoms with Crippen molar-refractivity contribution in [3.63, 3.8) is 0 Å². The summed E-state index contributed by atoms with van der Waals surface area (Å²) in [6.45, 7) is 2.47. The van der Waals surface area contributed by atoms with E-state index in [1.807, 2.05) is 50.6 Å². The molecule has 0 aliphatic carbocycles. The standard InChI is InChI=1S/C15H18N2O2/c1-3-15(18)13-4-6-14(7-5-13)19-9-8-12-10-16-17(2)11-12/h4-7,10-11H,3,8-9H2,1-2H3. The van der Waals surface area contributed by atoms with Crippen LogP contribution in [0.3, 0.4) is 0 Å². The second-order valence-corrected chi connectivity index (χ2v) is 4.42. The van der Waals surface area contributed by atoms with Gasteiger partial charge in [-0.2, -0.15) is 5.10 Å². The van der Waals surface area contributed by atoms with Crippen molar-refractivity contribution in [1.82, 2.24) is 9.78 Å². The lowest BCUT2D eigenvalue weighted by atomic mass is 10.1. The van der Waals surface area contributed by atoms with Crippen molar-refractivity contribution in [2.75, 3.05) is 6.61 Å². The normalized spacial score (nSPS) is 10.4. The van der Waals surface area contributed by atoms with Crippen LogP contribution in [0.4, 0.5) is 0 Å². The molecule has 1 aromatic carbocycles. The van der Waals surface area contributed by atoms with Gasteiger partial charge in [0.2, 0.25) is 0 Å². The molecule has 19 heavy (non-hydrogen) atoms. The molecule has 0 aliphatic rings. The van der Waals surface area contributed by atoms with Gasteiger partial charge in [0, 0.05) is 31.6 Å². The molecule has 1 heterocycles. The lowest BCUT2D eigenvalue weighted by molar-refractivity contribution is 0.0988. The Bertz CT molecular complexity index is 544. The zero-order chi connectivity index (χ0) is 13.7. The zero-order valence-corrected chi connectivity index (χ0v) is 11.3. The lowest BCUT2D eigenvalue weighted by Crippen LogP contribution is -2.01. The third-order valence-corrected chi connectivity index (χ3v) is 2.92. The van der Waals surface area contributed by atoms with Crippen molar-refractivity contribution in [2.45, 2.75) is 19.8 Å². The number of hydrogen-bond acceptors (Lipinski definition) is 3. The van der Waals surface area contributed by atoms with Gasteiger partial charge in [-0.15, -0.1) is 0 Å². The van der Waals surface area contributed by atoms with E-state index in [0.717, 1.165) is 23.3 Å². The van der Waals surface area contributed by atoms with Gasteiger partial charge in [-0.25, -0.2) is 0 Å². The van der Waals surface area contributed by atoms with E-state index in [-0.39, 0.29) is 5.78 Å². The lowest BCUT2D eigenvalue weighted by Gasteiger charge is -2.05. The van der Waals surface area contributed by atoms with Crippen LogP contribution in [0, 0.1) is 0 Å². The van der Waals surface area contributed by atoms with Crippen molar-refractivity contribution in [3.8, 4) is 5.75 Å². The van der Waals surface area contributed by atoms with Crippen molar-refractivity contribution in [3.05, 3.63) is 47.8 Å². The Hall–Kier alpha value is -2.10. The van der Waals surface area contributed by atoms with E-state index >= 15 is 0 Å². The molecule has 0 unspecified atom stereocenters. The SMILES string of the molecule is CCC(=O)c1ccc(OCCc2cnn(C)c2)cc1. The average molecular weight is 258 g/mol. The third kappa shape index (κ3) is 3.68. The van der Waals surface area contributed by atoms with Gasteiger partial charge in [0.25, 0.3) is 0 Å². The molecule has 1 aromatic heterocycles. The number of carbonyl (C=O) groups is 1. The summed E-state index contributed by atoms with van der Waals surface area (Å²) < 4.78 is 7.42. The summed E-state index contributed by atoms with van der Waals surface area (Å²) >= 11 is 0. The number of aryl methyl sites for hydroxylation is 1. The minimum atomic E-state index is 0.155. The van der Waals surface area contributed by atoms with Crippen molar-refractivity contribution >= 4 is 5.78 Å². The van der Waals surface area contributed by atoms with Gasteiger partial charge in [-0.1, -0.05) is 6.92 Å². The Kier molecular flexibility index (Phi) is 4.34. The van der Waals surface area contributed by atoms with Crippen molar-refractivity contribution in [1.29, 1.82) is 0 Å². The molecule has 4 nitrogen and oxygen atoms in total. The second kappa shape index (κ2) is 6.18. The fraction of sp³-hybridized carbons (Fsp3) is 0.333. The molecule has 2 aromatic rings. The molecule has 0 fully saturated rings. The Morgan fingerprint density at radius 2 is 2.05 bits per heavy atom. The summed E-state index contributed by atoms with van der Waals surface area (Å²) in [7, 11) is 1.90. The van der Waals surface area contributed by atoms with E-state index in [0.29, 0.717) is 13.0 Å². The van der Waals surface area contributed by atoms with Crippen molar-refractivity contribution in [2.24, 2.45) is 7.05 Å². The van der Waals surface area contributed by atoms with E-state index in [1.165, 1.54) is 0 Å². The highest BCUT2D eigenvalue weighted by Crippen LogP contribution is 2.13. The number of Topliss-reactive ketones (excluding diaryl/α,β-unsaturated/α-hetero) is 1. The fourth-order valence-electron chi connectivity index (χ4n) is 1.83. The maximum absolute atomic E-state index is 11.5. The number of ether oxygens (including phenoxy) is 1. The molecule has 2 rings (SSSR count). The van der Waals surface area contributed by atoms with E-state index < -0.39 is 0 Å². The smallest absolute Gasteiger partial charge is 0.162 e. The van der Waals surface area contributed by atoms with E-state index in [2.05, 4.69) is 5.10 Å². The molecule has 100 valence electrons. The van der Waals surface area contributed by atoms with Crippen LogP contribution in [0.1, 0.15) is 29.3 Å². The van der Waals surface area contributed by atoms with Crippen molar-refractivity contribution < 1.29 is 9.53 Å². The quantitative estimate of drug-likeness (QED) is 0.748. The summed E-state index contributed by atoms with van der Waals surface area (Å²) in [5.74, 6) is 0.943. The summed E-state index contributed by atoms with van der Waals surface area (Å²) in [6, 6.07) is 7.30. The van der Waals surface area contributed by atoms with Crippen LogP contribution in [-0.2, 0) is 13.5 Å². The molecular weight excluding hydrogens is 240 g/mol. The number of aromatic nitrogens is 2. The molecule has 0 aliphatic heterocycles. The average Bonchev–Trinajstić information content (AvgIpc) is 2.84. The minimum absolute atomic E-state index is 0.155. The molecule has 0 saturated heterocycles. The highest BCUT2D eigenvalue weighted by Gasteiger charge is 2.03. The van der Waals surface area contributed by atoms with E-state index in [1.54, 1.807) is 4.68 Å². The maximum Gasteiger partial charge on any atom is 0.162 e. The first-order chi connectivity index (χ1) is 9.19. The Morgan fingerprint density at radius 1 is 1.32 bits per heavy atom. The molecule has 0 bridgehead atoms. The minimum Gasteiger partial charge on any atom is -0.493 e. The van der Waals surface area contributed by atoms with Crippen LogP contribution in [0.15, 0.2) is 36.7 Å². The Balaban J connectivity index is 1.84. The van der Waals surface area contributed by atoms with E-state index in [9.17, 15) is 4.79 Å². The predicted octanol–water partition coefficient (Wildman–Crippen LogP) is 2.63. The summed E-state index contributed by atoms with van der Waals surface area (Å²) in [4.78, 5) is 11.5. The number of benzene rings is 1. The molecule has 0 saturated carbocycles. The number of rotatable bonds is 6. The predicted molar refractivity (Wildman–Crippen MR) is 73.5 cm³/mol.